The first-order chi connectivity index (χ1) is 7.86. The number of rotatable bonds is 4. The van der Waals surface area contributed by atoms with Gasteiger partial charge in [-0.15, -0.1) is 0 Å². The molecule has 0 bridgehead atoms. The molecule has 3 N–H and O–H groups in total. The standard InChI is InChI=1S/C12H26N4O/c1-12(2,11(17)14-13)9-16(4)10-5-7-15(3)8-6-10/h10H,5-9,13H2,1-4H3,(H,14,17). The van der Waals surface area contributed by atoms with Crippen LogP contribution in [0.3, 0.4) is 0 Å². The van der Waals surface area contributed by atoms with Gasteiger partial charge in [-0.25, -0.2) is 5.84 Å². The molecule has 1 rings (SSSR count). The van der Waals surface area contributed by atoms with Gasteiger partial charge in [0, 0.05) is 12.6 Å². The molecule has 1 amide bonds. The van der Waals surface area contributed by atoms with Crippen LogP contribution in [0.15, 0.2) is 0 Å². The van der Waals surface area contributed by atoms with Gasteiger partial charge in [-0.2, -0.15) is 0 Å². The number of hydrogen-bond acceptors (Lipinski definition) is 4. The molecule has 1 saturated heterocycles. The van der Waals surface area contributed by atoms with Gasteiger partial charge in [0.15, 0.2) is 0 Å². The van der Waals surface area contributed by atoms with Gasteiger partial charge in [0.1, 0.15) is 0 Å². The molecule has 100 valence electrons. The number of carbonyl (C=O) groups excluding carboxylic acids is 1. The highest BCUT2D eigenvalue weighted by atomic mass is 16.2. The van der Waals surface area contributed by atoms with E-state index in [1.54, 1.807) is 0 Å². The Morgan fingerprint density at radius 2 is 2.00 bits per heavy atom. The Morgan fingerprint density at radius 3 is 2.47 bits per heavy atom. The number of nitrogens with two attached hydrogens (primary N) is 1. The van der Waals surface area contributed by atoms with Gasteiger partial charge in [0.05, 0.1) is 5.41 Å². The first-order valence-corrected chi connectivity index (χ1v) is 6.26. The Balaban J connectivity index is 2.48. The van der Waals surface area contributed by atoms with Crippen LogP contribution in [0.4, 0.5) is 0 Å². The van der Waals surface area contributed by atoms with Crippen molar-refractivity contribution in [3.05, 3.63) is 0 Å². The van der Waals surface area contributed by atoms with Gasteiger partial charge in [-0.1, -0.05) is 0 Å². The Hall–Kier alpha value is -0.650. The largest absolute Gasteiger partial charge is 0.306 e. The van der Waals surface area contributed by atoms with Crippen molar-refractivity contribution in [2.45, 2.75) is 32.7 Å². The Morgan fingerprint density at radius 1 is 1.47 bits per heavy atom. The molecular formula is C12H26N4O. The van der Waals surface area contributed by atoms with E-state index in [4.69, 9.17) is 5.84 Å². The lowest BCUT2D eigenvalue weighted by molar-refractivity contribution is -0.130. The number of piperidine rings is 1. The summed E-state index contributed by atoms with van der Waals surface area (Å²) in [5.74, 6) is 5.11. The minimum atomic E-state index is -0.438. The van der Waals surface area contributed by atoms with E-state index in [1.165, 1.54) is 12.8 Å². The van der Waals surface area contributed by atoms with Gasteiger partial charge in [0.25, 0.3) is 0 Å². The quantitative estimate of drug-likeness (QED) is 0.415. The SMILES string of the molecule is CN1CCC(N(C)CC(C)(C)C(=O)NN)CC1. The maximum atomic E-state index is 11.6. The van der Waals surface area contributed by atoms with Crippen LogP contribution >= 0.6 is 0 Å². The molecule has 0 spiro atoms. The fraction of sp³-hybridized carbons (Fsp3) is 0.917. The van der Waals surface area contributed by atoms with Gasteiger partial charge in [-0.3, -0.25) is 10.2 Å². The number of hydrogen-bond donors (Lipinski definition) is 2. The summed E-state index contributed by atoms with van der Waals surface area (Å²) in [6.07, 6.45) is 2.35. The molecule has 0 aliphatic carbocycles. The predicted octanol–water partition coefficient (Wildman–Crippen LogP) is 0.0285. The normalized spacial score (nSPS) is 19.6. The molecule has 0 atom stereocenters. The second kappa shape index (κ2) is 5.80. The summed E-state index contributed by atoms with van der Waals surface area (Å²) in [4.78, 5) is 16.3. The molecule has 1 fully saturated rings. The zero-order valence-electron chi connectivity index (χ0n) is 11.5. The lowest BCUT2D eigenvalue weighted by Crippen LogP contribution is -2.50. The molecule has 0 aromatic carbocycles. The van der Waals surface area contributed by atoms with Gasteiger partial charge >= 0.3 is 0 Å². The lowest BCUT2D eigenvalue weighted by Gasteiger charge is -2.38. The molecule has 1 aliphatic rings. The zero-order valence-corrected chi connectivity index (χ0v) is 11.5. The minimum Gasteiger partial charge on any atom is -0.306 e. The highest BCUT2D eigenvalue weighted by Gasteiger charge is 2.31. The first kappa shape index (κ1) is 14.4. The summed E-state index contributed by atoms with van der Waals surface area (Å²) < 4.78 is 0. The first-order valence-electron chi connectivity index (χ1n) is 6.26. The second-order valence-corrected chi connectivity index (χ2v) is 5.81. The minimum absolute atomic E-state index is 0.0997. The van der Waals surface area contributed by atoms with Gasteiger partial charge in [0.2, 0.25) is 5.91 Å². The van der Waals surface area contributed by atoms with E-state index in [2.05, 4.69) is 29.3 Å². The topological polar surface area (TPSA) is 61.6 Å². The molecule has 0 unspecified atom stereocenters. The maximum Gasteiger partial charge on any atom is 0.240 e. The van der Waals surface area contributed by atoms with E-state index < -0.39 is 5.41 Å². The van der Waals surface area contributed by atoms with Gasteiger partial charge in [-0.05, 0) is 53.9 Å². The van der Waals surface area contributed by atoms with Crippen LogP contribution in [0.1, 0.15) is 26.7 Å². The molecule has 0 radical (unpaired) electrons. The number of carbonyl (C=O) groups is 1. The number of nitrogens with one attached hydrogen (secondary N) is 1. The van der Waals surface area contributed by atoms with Crippen LogP contribution in [0.2, 0.25) is 0 Å². The third-order valence-electron chi connectivity index (χ3n) is 3.70. The summed E-state index contributed by atoms with van der Waals surface area (Å²) >= 11 is 0. The third kappa shape index (κ3) is 3.94. The van der Waals surface area contributed by atoms with Gasteiger partial charge < -0.3 is 9.80 Å². The van der Waals surface area contributed by atoms with E-state index in [0.29, 0.717) is 6.04 Å². The van der Waals surface area contributed by atoms with Crippen molar-refractivity contribution in [3.8, 4) is 0 Å². The maximum absolute atomic E-state index is 11.6. The molecule has 17 heavy (non-hydrogen) atoms. The van der Waals surface area contributed by atoms with E-state index in [0.717, 1.165) is 19.6 Å². The van der Waals surface area contributed by atoms with Crippen molar-refractivity contribution in [2.75, 3.05) is 33.7 Å². The van der Waals surface area contributed by atoms with Crippen molar-refractivity contribution in [2.24, 2.45) is 11.3 Å². The smallest absolute Gasteiger partial charge is 0.240 e. The Bertz CT molecular complexity index is 259. The van der Waals surface area contributed by atoms with Crippen LogP contribution < -0.4 is 11.3 Å². The third-order valence-corrected chi connectivity index (χ3v) is 3.70. The van der Waals surface area contributed by atoms with E-state index in [1.807, 2.05) is 13.8 Å². The van der Waals surface area contributed by atoms with Crippen LogP contribution in [-0.2, 0) is 4.79 Å². The van der Waals surface area contributed by atoms with E-state index in [-0.39, 0.29) is 5.91 Å². The summed E-state index contributed by atoms with van der Waals surface area (Å²) in [5.41, 5.74) is 1.81. The number of hydrazine groups is 1. The molecule has 5 nitrogen and oxygen atoms in total. The summed E-state index contributed by atoms with van der Waals surface area (Å²) in [6.45, 7) is 6.88. The van der Waals surface area contributed by atoms with Crippen molar-refractivity contribution in [1.82, 2.24) is 15.2 Å². The van der Waals surface area contributed by atoms with E-state index in [9.17, 15) is 4.79 Å². The van der Waals surface area contributed by atoms with Crippen LogP contribution in [0.5, 0.6) is 0 Å². The zero-order chi connectivity index (χ0) is 13.1. The molecule has 0 aromatic heterocycles. The average Bonchev–Trinajstić information content (AvgIpc) is 2.28. The van der Waals surface area contributed by atoms with Crippen LogP contribution in [-0.4, -0.2) is 55.5 Å². The molecule has 1 heterocycles. The molecule has 5 heteroatoms. The van der Waals surface area contributed by atoms with Crippen molar-refractivity contribution in [3.63, 3.8) is 0 Å². The summed E-state index contributed by atoms with van der Waals surface area (Å²) in [7, 11) is 4.25. The average molecular weight is 242 g/mol. The van der Waals surface area contributed by atoms with E-state index >= 15 is 0 Å². The molecule has 1 aliphatic heterocycles. The predicted molar refractivity (Wildman–Crippen MR) is 69.3 cm³/mol. The fourth-order valence-electron chi connectivity index (χ4n) is 2.46. The number of likely N-dealkylation sites (tertiary alicyclic amines) is 1. The molecule has 0 aromatic rings. The highest BCUT2D eigenvalue weighted by molar-refractivity contribution is 5.81. The van der Waals surface area contributed by atoms with Crippen molar-refractivity contribution < 1.29 is 4.79 Å². The Kier molecular flexibility index (Phi) is 4.91. The lowest BCUT2D eigenvalue weighted by atomic mass is 9.90. The number of nitrogens with zero attached hydrogens (tertiary/aromatic N) is 2. The Labute approximate surface area is 104 Å². The number of amides is 1. The summed E-state index contributed by atoms with van der Waals surface area (Å²) in [6, 6.07) is 0.580. The van der Waals surface area contributed by atoms with Crippen LogP contribution in [0.25, 0.3) is 0 Å². The molecule has 0 saturated carbocycles. The highest BCUT2D eigenvalue weighted by Crippen LogP contribution is 2.21. The van der Waals surface area contributed by atoms with Crippen molar-refractivity contribution in [1.29, 1.82) is 0 Å². The van der Waals surface area contributed by atoms with Crippen molar-refractivity contribution >= 4 is 5.91 Å². The fourth-order valence-corrected chi connectivity index (χ4v) is 2.46. The van der Waals surface area contributed by atoms with Crippen LogP contribution in [0, 0.1) is 5.41 Å². The monoisotopic (exact) mass is 242 g/mol. The summed E-state index contributed by atoms with van der Waals surface area (Å²) in [5, 5.41) is 0. The second-order valence-electron chi connectivity index (χ2n) is 5.81. The molecular weight excluding hydrogens is 216 g/mol.